The van der Waals surface area contributed by atoms with Crippen LogP contribution in [0, 0.1) is 0 Å². The van der Waals surface area contributed by atoms with Gasteiger partial charge in [0.25, 0.3) is 11.8 Å². The predicted molar refractivity (Wildman–Crippen MR) is 80.9 cm³/mol. The summed E-state index contributed by atoms with van der Waals surface area (Å²) in [6.45, 7) is 0. The zero-order valence-electron chi connectivity index (χ0n) is 12.8. The molecule has 116 valence electrons. The Kier molecular flexibility index (Phi) is 3.60. The van der Waals surface area contributed by atoms with Gasteiger partial charge in [-0.3, -0.25) is 19.4 Å². The third-order valence-corrected chi connectivity index (χ3v) is 4.44. The highest BCUT2D eigenvalue weighted by molar-refractivity contribution is 6.30. The van der Waals surface area contributed by atoms with Crippen LogP contribution in [0.2, 0.25) is 0 Å². The second-order valence-corrected chi connectivity index (χ2v) is 5.90. The van der Waals surface area contributed by atoms with E-state index in [9.17, 15) is 14.4 Å². The number of barbiturate groups is 1. The number of imide groups is 2. The maximum absolute atomic E-state index is 12.1. The lowest BCUT2D eigenvalue weighted by atomic mass is 10.1. The molecule has 6 nitrogen and oxygen atoms in total. The van der Waals surface area contributed by atoms with E-state index in [1.165, 1.54) is 39.8 Å². The predicted octanol–water partition coefficient (Wildman–Crippen LogP) is 2.04. The van der Waals surface area contributed by atoms with Gasteiger partial charge in [0.2, 0.25) is 0 Å². The first-order valence-corrected chi connectivity index (χ1v) is 7.48. The number of carbonyl (C=O) groups excluding carboxylic acids is 3. The summed E-state index contributed by atoms with van der Waals surface area (Å²) in [4.78, 5) is 37.9. The van der Waals surface area contributed by atoms with Crippen molar-refractivity contribution in [3.63, 3.8) is 0 Å². The van der Waals surface area contributed by atoms with E-state index in [0.717, 1.165) is 15.4 Å². The van der Waals surface area contributed by atoms with E-state index >= 15 is 0 Å². The van der Waals surface area contributed by atoms with Crippen molar-refractivity contribution in [3.05, 3.63) is 29.6 Å². The van der Waals surface area contributed by atoms with E-state index in [-0.39, 0.29) is 5.57 Å². The normalized spacial score (nSPS) is 20.3. The quantitative estimate of drug-likeness (QED) is 0.620. The first-order chi connectivity index (χ1) is 10.5. The van der Waals surface area contributed by atoms with Crippen LogP contribution < -0.4 is 0 Å². The summed E-state index contributed by atoms with van der Waals surface area (Å²) in [7, 11) is 2.76. The van der Waals surface area contributed by atoms with Gasteiger partial charge in [-0.1, -0.05) is 12.8 Å². The summed E-state index contributed by atoms with van der Waals surface area (Å²) in [5.41, 5.74) is 0.827. The number of nitrogens with zero attached hydrogens (tertiary/aromatic N) is 3. The van der Waals surface area contributed by atoms with E-state index in [0.29, 0.717) is 6.04 Å². The van der Waals surface area contributed by atoms with Crippen molar-refractivity contribution in [2.24, 2.45) is 0 Å². The minimum atomic E-state index is -0.601. The number of aromatic nitrogens is 1. The summed E-state index contributed by atoms with van der Waals surface area (Å²) in [6, 6.07) is 1.80. The molecule has 0 atom stereocenters. The van der Waals surface area contributed by atoms with Gasteiger partial charge in [0.1, 0.15) is 5.57 Å². The first kappa shape index (κ1) is 14.6. The van der Waals surface area contributed by atoms with Crippen LogP contribution in [0.15, 0.2) is 24.0 Å². The summed E-state index contributed by atoms with van der Waals surface area (Å²) >= 11 is 0. The molecule has 22 heavy (non-hydrogen) atoms. The fraction of sp³-hybridized carbons (Fsp3) is 0.438. The van der Waals surface area contributed by atoms with Crippen LogP contribution >= 0.6 is 0 Å². The zero-order valence-corrected chi connectivity index (χ0v) is 12.8. The lowest BCUT2D eigenvalue weighted by Crippen LogP contribution is -2.52. The molecule has 1 saturated heterocycles. The SMILES string of the molecule is CN1C(=O)C(=Cc2ccn(C3CCCC3)c2)C(=O)N(C)C1=O. The number of amides is 4. The van der Waals surface area contributed by atoms with Gasteiger partial charge in [-0.15, -0.1) is 0 Å². The monoisotopic (exact) mass is 301 g/mol. The zero-order chi connectivity index (χ0) is 15.9. The van der Waals surface area contributed by atoms with Gasteiger partial charge in [-0.05, 0) is 30.5 Å². The van der Waals surface area contributed by atoms with Crippen LogP contribution in [-0.4, -0.2) is 46.3 Å². The molecule has 4 amide bonds. The average molecular weight is 301 g/mol. The number of hydrogen-bond donors (Lipinski definition) is 0. The highest BCUT2D eigenvalue weighted by Gasteiger charge is 2.37. The molecule has 0 bridgehead atoms. The lowest BCUT2D eigenvalue weighted by molar-refractivity contribution is -0.134. The molecule has 2 heterocycles. The summed E-state index contributed by atoms with van der Waals surface area (Å²) < 4.78 is 2.15. The fourth-order valence-electron chi connectivity index (χ4n) is 3.09. The molecule has 0 aromatic carbocycles. The first-order valence-electron chi connectivity index (χ1n) is 7.48. The molecular formula is C16H19N3O3. The van der Waals surface area contributed by atoms with E-state index < -0.39 is 17.8 Å². The van der Waals surface area contributed by atoms with Gasteiger partial charge in [-0.25, -0.2) is 4.79 Å². The van der Waals surface area contributed by atoms with Crippen LogP contribution in [0.25, 0.3) is 6.08 Å². The Labute approximate surface area is 129 Å². The minimum absolute atomic E-state index is 0.0220. The van der Waals surface area contributed by atoms with Crippen LogP contribution in [0.3, 0.4) is 0 Å². The van der Waals surface area contributed by atoms with Crippen molar-refractivity contribution in [3.8, 4) is 0 Å². The highest BCUT2D eigenvalue weighted by atomic mass is 16.2. The number of likely N-dealkylation sites (N-methyl/N-ethyl adjacent to an activating group) is 2. The summed E-state index contributed by atoms with van der Waals surface area (Å²) in [5.74, 6) is -1.11. The molecule has 1 aromatic rings. The molecule has 0 spiro atoms. The summed E-state index contributed by atoms with van der Waals surface area (Å²) in [5, 5.41) is 0. The van der Waals surface area contributed by atoms with E-state index in [2.05, 4.69) is 4.57 Å². The van der Waals surface area contributed by atoms with E-state index in [1.807, 2.05) is 18.5 Å². The van der Waals surface area contributed by atoms with Crippen LogP contribution in [0.4, 0.5) is 4.79 Å². The molecule has 2 fully saturated rings. The molecule has 1 saturated carbocycles. The Morgan fingerprint density at radius 1 is 1.05 bits per heavy atom. The molecular weight excluding hydrogens is 282 g/mol. The summed E-state index contributed by atoms with van der Waals surface area (Å²) in [6.07, 6.45) is 10.3. The Bertz CT molecular complexity index is 642. The van der Waals surface area contributed by atoms with Gasteiger partial charge >= 0.3 is 6.03 Å². The topological polar surface area (TPSA) is 62.6 Å². The Morgan fingerprint density at radius 2 is 1.64 bits per heavy atom. The van der Waals surface area contributed by atoms with Crippen LogP contribution in [0.5, 0.6) is 0 Å². The molecule has 6 heteroatoms. The van der Waals surface area contributed by atoms with Crippen molar-refractivity contribution in [2.75, 3.05) is 14.1 Å². The maximum Gasteiger partial charge on any atom is 0.333 e. The van der Waals surface area contributed by atoms with Gasteiger partial charge in [0.15, 0.2) is 0 Å². The third kappa shape index (κ3) is 2.34. The number of carbonyl (C=O) groups is 3. The average Bonchev–Trinajstić information content (AvgIpc) is 3.18. The molecule has 2 aliphatic rings. The molecule has 0 radical (unpaired) electrons. The lowest BCUT2D eigenvalue weighted by Gasteiger charge is -2.28. The number of rotatable bonds is 2. The second-order valence-electron chi connectivity index (χ2n) is 5.90. The van der Waals surface area contributed by atoms with E-state index in [4.69, 9.17) is 0 Å². The second kappa shape index (κ2) is 5.44. The molecule has 1 aliphatic carbocycles. The maximum atomic E-state index is 12.1. The largest absolute Gasteiger partial charge is 0.351 e. The van der Waals surface area contributed by atoms with Gasteiger partial charge in [0.05, 0.1) is 0 Å². The highest BCUT2D eigenvalue weighted by Crippen LogP contribution is 2.30. The smallest absolute Gasteiger partial charge is 0.333 e. The minimum Gasteiger partial charge on any atom is -0.351 e. The number of urea groups is 1. The molecule has 0 unspecified atom stereocenters. The Balaban J connectivity index is 1.88. The van der Waals surface area contributed by atoms with Crippen molar-refractivity contribution in [1.82, 2.24) is 14.4 Å². The van der Waals surface area contributed by atoms with Crippen molar-refractivity contribution in [1.29, 1.82) is 0 Å². The van der Waals surface area contributed by atoms with E-state index in [1.54, 1.807) is 6.08 Å². The van der Waals surface area contributed by atoms with Crippen molar-refractivity contribution in [2.45, 2.75) is 31.7 Å². The third-order valence-electron chi connectivity index (χ3n) is 4.44. The molecule has 0 N–H and O–H groups in total. The fourth-order valence-corrected chi connectivity index (χ4v) is 3.09. The number of hydrogen-bond acceptors (Lipinski definition) is 3. The van der Waals surface area contributed by atoms with Gasteiger partial charge in [-0.2, -0.15) is 0 Å². The van der Waals surface area contributed by atoms with Gasteiger partial charge in [0, 0.05) is 32.5 Å². The molecule has 3 rings (SSSR count). The van der Waals surface area contributed by atoms with Crippen molar-refractivity contribution >= 4 is 23.9 Å². The Morgan fingerprint density at radius 3 is 2.23 bits per heavy atom. The molecule has 1 aromatic heterocycles. The van der Waals surface area contributed by atoms with Crippen molar-refractivity contribution < 1.29 is 14.4 Å². The van der Waals surface area contributed by atoms with Crippen LogP contribution in [-0.2, 0) is 9.59 Å². The van der Waals surface area contributed by atoms with Gasteiger partial charge < -0.3 is 4.57 Å². The standard InChI is InChI=1S/C16H19N3O3/c1-17-14(20)13(15(21)18(2)16(17)22)9-11-7-8-19(10-11)12-5-3-4-6-12/h7-10,12H,3-6H2,1-2H3. The Hall–Kier alpha value is -2.37. The van der Waals surface area contributed by atoms with Crippen LogP contribution in [0.1, 0.15) is 37.3 Å². The molecule has 1 aliphatic heterocycles.